The molecule has 1 heterocycles. The Morgan fingerprint density at radius 2 is 2.14 bits per heavy atom. The van der Waals surface area contributed by atoms with Crippen LogP contribution in [0.1, 0.15) is 18.1 Å². The number of fused-ring (bicyclic) bond motifs is 1. The zero-order valence-corrected chi connectivity index (χ0v) is 12.6. The molecule has 0 radical (unpaired) electrons. The van der Waals surface area contributed by atoms with Crippen molar-refractivity contribution in [2.24, 2.45) is 0 Å². The first kappa shape index (κ1) is 16.0. The van der Waals surface area contributed by atoms with Crippen LogP contribution < -0.4 is 4.74 Å². The van der Waals surface area contributed by atoms with Crippen LogP contribution in [0.15, 0.2) is 18.2 Å². The second-order valence-electron chi connectivity index (χ2n) is 4.56. The lowest BCUT2D eigenvalue weighted by atomic mass is 10.3. The van der Waals surface area contributed by atoms with Crippen LogP contribution in [0.2, 0.25) is 0 Å². The molecule has 0 amide bonds. The molecular weight excluding hydrogens is 302 g/mol. The fraction of sp³-hybridized carbons (Fsp3) is 0.500. The Bertz CT molecular complexity index is 602. The Kier molecular flexibility index (Phi) is 5.36. The average molecular weight is 319 g/mol. The van der Waals surface area contributed by atoms with Crippen LogP contribution in [0.25, 0.3) is 11.0 Å². The number of nitrogens with zero attached hydrogens (tertiary/aromatic N) is 2. The van der Waals surface area contributed by atoms with Gasteiger partial charge in [-0.15, -0.1) is 11.6 Å². The minimum atomic E-state index is -2.46. The molecule has 1 unspecified atom stereocenters. The van der Waals surface area contributed by atoms with E-state index in [1.54, 1.807) is 7.11 Å². The number of aromatic nitrogens is 2. The van der Waals surface area contributed by atoms with Gasteiger partial charge in [0, 0.05) is 12.6 Å². The average Bonchev–Trinajstić information content (AvgIpc) is 2.81. The van der Waals surface area contributed by atoms with Crippen molar-refractivity contribution in [1.82, 2.24) is 9.55 Å². The summed E-state index contributed by atoms with van der Waals surface area (Å²) in [4.78, 5) is 4.47. The van der Waals surface area contributed by atoms with E-state index in [-0.39, 0.29) is 12.0 Å². The lowest BCUT2D eigenvalue weighted by Gasteiger charge is -2.11. The summed E-state index contributed by atoms with van der Waals surface area (Å²) in [5.74, 6) is 1.38. The molecule has 1 atom stereocenters. The maximum Gasteiger partial charge on any atom is 0.261 e. The summed E-state index contributed by atoms with van der Waals surface area (Å²) in [5.41, 5.74) is 1.63. The summed E-state index contributed by atoms with van der Waals surface area (Å²) in [6, 6.07) is 5.50. The molecule has 2 aromatic rings. The zero-order chi connectivity index (χ0) is 15.4. The van der Waals surface area contributed by atoms with Crippen LogP contribution in [0.3, 0.4) is 0 Å². The Balaban J connectivity index is 2.26. The predicted octanol–water partition coefficient (Wildman–Crippen LogP) is 3.63. The van der Waals surface area contributed by atoms with Crippen LogP contribution in [0.5, 0.6) is 5.75 Å². The molecule has 0 fully saturated rings. The van der Waals surface area contributed by atoms with Crippen LogP contribution in [0, 0.1) is 0 Å². The molecular formula is C14H17ClF2N2O2. The number of alkyl halides is 3. The Labute approximate surface area is 126 Å². The van der Waals surface area contributed by atoms with Crippen LogP contribution in [0.4, 0.5) is 8.78 Å². The molecule has 116 valence electrons. The van der Waals surface area contributed by atoms with Gasteiger partial charge in [-0.25, -0.2) is 13.8 Å². The summed E-state index contributed by atoms with van der Waals surface area (Å²) < 4.78 is 36.2. The van der Waals surface area contributed by atoms with Gasteiger partial charge in [0.25, 0.3) is 6.43 Å². The number of benzene rings is 1. The van der Waals surface area contributed by atoms with E-state index in [9.17, 15) is 8.78 Å². The highest BCUT2D eigenvalue weighted by Crippen LogP contribution is 2.27. The number of hydrogen-bond acceptors (Lipinski definition) is 3. The third-order valence-electron chi connectivity index (χ3n) is 3.04. The van der Waals surface area contributed by atoms with Gasteiger partial charge in [-0.1, -0.05) is 0 Å². The number of hydrogen-bond donors (Lipinski definition) is 0. The molecule has 2 rings (SSSR count). The van der Waals surface area contributed by atoms with Crippen molar-refractivity contribution in [3.8, 4) is 5.75 Å². The first-order valence-corrected chi connectivity index (χ1v) is 7.00. The molecule has 0 bridgehead atoms. The predicted molar refractivity (Wildman–Crippen MR) is 77.4 cm³/mol. The van der Waals surface area contributed by atoms with Crippen molar-refractivity contribution in [2.45, 2.75) is 25.3 Å². The lowest BCUT2D eigenvalue weighted by molar-refractivity contribution is 0.0148. The van der Waals surface area contributed by atoms with Crippen LogP contribution in [-0.2, 0) is 11.3 Å². The Morgan fingerprint density at radius 1 is 1.38 bits per heavy atom. The van der Waals surface area contributed by atoms with Gasteiger partial charge in [-0.05, 0) is 19.1 Å². The minimum Gasteiger partial charge on any atom is -0.497 e. The molecule has 4 nitrogen and oxygen atoms in total. The van der Waals surface area contributed by atoms with Crippen molar-refractivity contribution < 1.29 is 18.3 Å². The van der Waals surface area contributed by atoms with Crippen LogP contribution >= 0.6 is 11.6 Å². The lowest BCUT2D eigenvalue weighted by Crippen LogP contribution is -2.13. The van der Waals surface area contributed by atoms with Gasteiger partial charge in [0.05, 0.1) is 30.1 Å². The summed E-state index contributed by atoms with van der Waals surface area (Å²) in [5, 5.41) is -0.293. The summed E-state index contributed by atoms with van der Waals surface area (Å²) in [7, 11) is 1.58. The molecule has 0 aliphatic carbocycles. The highest BCUT2D eigenvalue weighted by molar-refractivity contribution is 6.20. The van der Waals surface area contributed by atoms with Gasteiger partial charge in [-0.2, -0.15) is 0 Å². The van der Waals surface area contributed by atoms with Gasteiger partial charge < -0.3 is 14.0 Å². The van der Waals surface area contributed by atoms with Crippen LogP contribution in [-0.4, -0.2) is 36.3 Å². The molecule has 0 aliphatic heterocycles. The van der Waals surface area contributed by atoms with Gasteiger partial charge in [0.2, 0.25) is 0 Å². The zero-order valence-electron chi connectivity index (χ0n) is 11.9. The fourth-order valence-corrected chi connectivity index (χ4v) is 2.28. The maximum atomic E-state index is 12.1. The molecule has 1 aromatic carbocycles. The standard InChI is InChI=1S/C14H17ClF2N2O2/c1-9(15)14-18-11-4-3-10(20-2)7-12(11)19(14)5-6-21-8-13(16)17/h3-4,7,9,13H,5-6,8H2,1-2H3. The second kappa shape index (κ2) is 7.04. The highest BCUT2D eigenvalue weighted by atomic mass is 35.5. The molecule has 7 heteroatoms. The van der Waals surface area contributed by atoms with E-state index in [0.29, 0.717) is 18.1 Å². The van der Waals surface area contributed by atoms with Crippen molar-refractivity contribution >= 4 is 22.6 Å². The molecule has 0 spiro atoms. The monoisotopic (exact) mass is 318 g/mol. The maximum absolute atomic E-state index is 12.1. The first-order chi connectivity index (χ1) is 10.0. The second-order valence-corrected chi connectivity index (χ2v) is 5.21. The minimum absolute atomic E-state index is 0.170. The highest BCUT2D eigenvalue weighted by Gasteiger charge is 2.15. The van der Waals surface area contributed by atoms with Crippen molar-refractivity contribution in [2.75, 3.05) is 20.3 Å². The third-order valence-corrected chi connectivity index (χ3v) is 3.24. The van der Waals surface area contributed by atoms with E-state index in [2.05, 4.69) is 4.98 Å². The summed E-state index contributed by atoms with van der Waals surface area (Å²) in [6.07, 6.45) is -2.46. The van der Waals surface area contributed by atoms with Gasteiger partial charge in [-0.3, -0.25) is 0 Å². The topological polar surface area (TPSA) is 36.3 Å². The van der Waals surface area contributed by atoms with E-state index in [1.165, 1.54) is 0 Å². The van der Waals surface area contributed by atoms with Crippen molar-refractivity contribution in [3.05, 3.63) is 24.0 Å². The molecule has 21 heavy (non-hydrogen) atoms. The number of ether oxygens (including phenoxy) is 2. The Hall–Kier alpha value is -1.40. The quantitative estimate of drug-likeness (QED) is 0.578. The molecule has 0 saturated carbocycles. The number of halogens is 3. The largest absolute Gasteiger partial charge is 0.497 e. The number of rotatable bonds is 7. The summed E-state index contributed by atoms with van der Waals surface area (Å²) >= 11 is 6.14. The SMILES string of the molecule is COc1ccc2nc(C(C)Cl)n(CCOCC(F)F)c2c1. The molecule has 0 N–H and O–H groups in total. The number of imidazole rings is 1. The summed E-state index contributed by atoms with van der Waals surface area (Å²) in [6.45, 7) is 1.82. The van der Waals surface area contributed by atoms with E-state index in [0.717, 1.165) is 11.0 Å². The normalized spacial score (nSPS) is 13.0. The van der Waals surface area contributed by atoms with Crippen molar-refractivity contribution in [3.63, 3.8) is 0 Å². The van der Waals surface area contributed by atoms with E-state index >= 15 is 0 Å². The van der Waals surface area contributed by atoms with E-state index in [4.69, 9.17) is 21.1 Å². The molecule has 1 aromatic heterocycles. The van der Waals surface area contributed by atoms with Gasteiger partial charge in [0.15, 0.2) is 0 Å². The first-order valence-electron chi connectivity index (χ1n) is 6.57. The third kappa shape index (κ3) is 3.83. The van der Waals surface area contributed by atoms with E-state index < -0.39 is 13.0 Å². The number of methoxy groups -OCH3 is 1. The molecule has 0 saturated heterocycles. The van der Waals surface area contributed by atoms with Crippen molar-refractivity contribution in [1.29, 1.82) is 0 Å². The molecule has 0 aliphatic rings. The smallest absolute Gasteiger partial charge is 0.261 e. The Morgan fingerprint density at radius 3 is 2.76 bits per heavy atom. The van der Waals surface area contributed by atoms with E-state index in [1.807, 2.05) is 29.7 Å². The van der Waals surface area contributed by atoms with Gasteiger partial charge in [0.1, 0.15) is 18.2 Å². The fourth-order valence-electron chi connectivity index (χ4n) is 2.12. The van der Waals surface area contributed by atoms with Gasteiger partial charge >= 0.3 is 0 Å².